The number of halogens is 2. The molecule has 0 heterocycles. The Morgan fingerprint density at radius 2 is 2.21 bits per heavy atom. The van der Waals surface area contributed by atoms with E-state index in [4.69, 9.17) is 5.73 Å². The molecule has 1 fully saturated rings. The van der Waals surface area contributed by atoms with E-state index >= 15 is 0 Å². The van der Waals surface area contributed by atoms with Crippen molar-refractivity contribution in [1.29, 1.82) is 0 Å². The van der Waals surface area contributed by atoms with Crippen molar-refractivity contribution in [1.82, 2.24) is 4.90 Å². The molecule has 2 rings (SSSR count). The Bertz CT molecular complexity index is 421. The van der Waals surface area contributed by atoms with Crippen LogP contribution in [0.15, 0.2) is 22.7 Å². The maximum atomic E-state index is 13.5. The lowest BCUT2D eigenvalue weighted by Crippen LogP contribution is -2.36. The van der Waals surface area contributed by atoms with Crippen LogP contribution < -0.4 is 5.73 Å². The van der Waals surface area contributed by atoms with Gasteiger partial charge in [-0.15, -0.1) is 0 Å². The van der Waals surface area contributed by atoms with Crippen molar-refractivity contribution in [2.24, 2.45) is 11.7 Å². The first-order valence-electron chi connectivity index (χ1n) is 7.04. The molecule has 1 unspecified atom stereocenters. The summed E-state index contributed by atoms with van der Waals surface area (Å²) < 4.78 is 14.4. The smallest absolute Gasteiger partial charge is 0.123 e. The Labute approximate surface area is 123 Å². The highest BCUT2D eigenvalue weighted by atomic mass is 79.9. The lowest BCUT2D eigenvalue weighted by atomic mass is 10.0. The van der Waals surface area contributed by atoms with Gasteiger partial charge in [-0.3, -0.25) is 4.90 Å². The molecule has 1 saturated carbocycles. The van der Waals surface area contributed by atoms with Crippen LogP contribution in [0.5, 0.6) is 0 Å². The largest absolute Gasteiger partial charge is 0.329 e. The van der Waals surface area contributed by atoms with Gasteiger partial charge in [-0.05, 0) is 55.5 Å². The summed E-state index contributed by atoms with van der Waals surface area (Å²) in [6.07, 6.45) is 3.74. The highest BCUT2D eigenvalue weighted by Gasteiger charge is 2.28. The van der Waals surface area contributed by atoms with Gasteiger partial charge >= 0.3 is 0 Å². The van der Waals surface area contributed by atoms with Crippen LogP contribution in [0.4, 0.5) is 4.39 Å². The van der Waals surface area contributed by atoms with Gasteiger partial charge in [0.05, 0.1) is 0 Å². The molecule has 0 saturated heterocycles. The van der Waals surface area contributed by atoms with Crippen LogP contribution in [0.1, 0.15) is 37.8 Å². The van der Waals surface area contributed by atoms with Crippen molar-refractivity contribution in [2.75, 3.05) is 19.6 Å². The molecule has 0 aromatic heterocycles. The van der Waals surface area contributed by atoms with E-state index in [1.165, 1.54) is 18.9 Å². The predicted octanol–water partition coefficient (Wildman–Crippen LogP) is 3.71. The van der Waals surface area contributed by atoms with Crippen molar-refractivity contribution in [3.05, 3.63) is 34.1 Å². The molecule has 1 aromatic rings. The van der Waals surface area contributed by atoms with Crippen LogP contribution in [0.25, 0.3) is 0 Å². The molecular weight excluding hydrogens is 307 g/mol. The predicted molar refractivity (Wildman–Crippen MR) is 80.5 cm³/mol. The fourth-order valence-corrected chi connectivity index (χ4v) is 3.05. The minimum atomic E-state index is -0.195. The zero-order valence-corrected chi connectivity index (χ0v) is 13.0. The van der Waals surface area contributed by atoms with Gasteiger partial charge in [0.2, 0.25) is 0 Å². The molecule has 1 aromatic carbocycles. The molecule has 0 aliphatic heterocycles. The summed E-state index contributed by atoms with van der Waals surface area (Å²) in [5.41, 5.74) is 6.94. The first kappa shape index (κ1) is 14.9. The maximum absolute atomic E-state index is 13.5. The SMILES string of the molecule is CCCN(CC1CC1)C(CN)c1cc(F)ccc1Br. The lowest BCUT2D eigenvalue weighted by molar-refractivity contribution is 0.192. The van der Waals surface area contributed by atoms with Crippen LogP contribution in [-0.4, -0.2) is 24.5 Å². The van der Waals surface area contributed by atoms with Crippen molar-refractivity contribution in [2.45, 2.75) is 32.2 Å². The van der Waals surface area contributed by atoms with E-state index in [9.17, 15) is 4.39 Å². The number of hydrogen-bond acceptors (Lipinski definition) is 2. The van der Waals surface area contributed by atoms with Gasteiger partial charge in [0.1, 0.15) is 5.82 Å². The Morgan fingerprint density at radius 3 is 2.79 bits per heavy atom. The number of rotatable bonds is 7. The molecule has 0 spiro atoms. The molecule has 2 nitrogen and oxygen atoms in total. The third kappa shape index (κ3) is 4.01. The quantitative estimate of drug-likeness (QED) is 0.826. The van der Waals surface area contributed by atoms with E-state index in [2.05, 4.69) is 27.8 Å². The Morgan fingerprint density at radius 1 is 1.47 bits per heavy atom. The minimum absolute atomic E-state index is 0.102. The van der Waals surface area contributed by atoms with Gasteiger partial charge < -0.3 is 5.73 Å². The average molecular weight is 329 g/mol. The van der Waals surface area contributed by atoms with Crippen LogP contribution in [0, 0.1) is 11.7 Å². The molecular formula is C15H22BrFN2. The van der Waals surface area contributed by atoms with Crippen molar-refractivity contribution in [3.8, 4) is 0 Å². The van der Waals surface area contributed by atoms with E-state index in [-0.39, 0.29) is 11.9 Å². The highest BCUT2D eigenvalue weighted by molar-refractivity contribution is 9.10. The van der Waals surface area contributed by atoms with E-state index in [1.807, 2.05) is 0 Å². The van der Waals surface area contributed by atoms with Gasteiger partial charge in [-0.25, -0.2) is 4.39 Å². The van der Waals surface area contributed by atoms with Crippen LogP contribution in [-0.2, 0) is 0 Å². The highest BCUT2D eigenvalue weighted by Crippen LogP contribution is 2.34. The molecule has 0 amide bonds. The first-order chi connectivity index (χ1) is 9.15. The van der Waals surface area contributed by atoms with E-state index < -0.39 is 0 Å². The van der Waals surface area contributed by atoms with Gasteiger partial charge in [-0.2, -0.15) is 0 Å². The summed E-state index contributed by atoms with van der Waals surface area (Å²) in [6.45, 7) is 4.79. The minimum Gasteiger partial charge on any atom is -0.329 e. The summed E-state index contributed by atoms with van der Waals surface area (Å²) in [4.78, 5) is 2.41. The third-order valence-electron chi connectivity index (χ3n) is 3.68. The normalized spacial score (nSPS) is 16.9. The number of hydrogen-bond donors (Lipinski definition) is 1. The van der Waals surface area contributed by atoms with Crippen molar-refractivity contribution >= 4 is 15.9 Å². The maximum Gasteiger partial charge on any atom is 0.123 e. The standard InChI is InChI=1S/C15H22BrFN2/c1-2-7-19(10-11-3-4-11)15(9-18)13-8-12(17)5-6-14(13)16/h5-6,8,11,15H,2-4,7,9-10,18H2,1H3. The molecule has 1 atom stereocenters. The fourth-order valence-electron chi connectivity index (χ4n) is 2.54. The van der Waals surface area contributed by atoms with Gasteiger partial charge in [0, 0.05) is 23.6 Å². The molecule has 0 bridgehead atoms. The molecule has 1 aliphatic rings. The molecule has 2 N–H and O–H groups in total. The third-order valence-corrected chi connectivity index (χ3v) is 4.40. The van der Waals surface area contributed by atoms with Gasteiger partial charge in [0.15, 0.2) is 0 Å². The molecule has 1 aliphatic carbocycles. The van der Waals surface area contributed by atoms with Crippen LogP contribution in [0.2, 0.25) is 0 Å². The first-order valence-corrected chi connectivity index (χ1v) is 7.84. The summed E-state index contributed by atoms with van der Waals surface area (Å²) in [5, 5.41) is 0. The van der Waals surface area contributed by atoms with Crippen LogP contribution >= 0.6 is 15.9 Å². The monoisotopic (exact) mass is 328 g/mol. The molecule has 0 radical (unpaired) electrons. The van der Waals surface area contributed by atoms with Gasteiger partial charge in [-0.1, -0.05) is 22.9 Å². The second kappa shape index (κ2) is 6.82. The Hall–Kier alpha value is -0.450. The zero-order chi connectivity index (χ0) is 13.8. The summed E-state index contributed by atoms with van der Waals surface area (Å²) in [5.74, 6) is 0.618. The van der Waals surface area contributed by atoms with E-state index in [1.54, 1.807) is 12.1 Å². The zero-order valence-electron chi connectivity index (χ0n) is 11.4. The lowest BCUT2D eigenvalue weighted by Gasteiger charge is -2.31. The number of benzene rings is 1. The summed E-state index contributed by atoms with van der Waals surface area (Å²) in [7, 11) is 0. The topological polar surface area (TPSA) is 29.3 Å². The van der Waals surface area contributed by atoms with Gasteiger partial charge in [0.25, 0.3) is 0 Å². The molecule has 19 heavy (non-hydrogen) atoms. The van der Waals surface area contributed by atoms with Crippen LogP contribution in [0.3, 0.4) is 0 Å². The summed E-state index contributed by atoms with van der Waals surface area (Å²) >= 11 is 3.52. The number of nitrogens with zero attached hydrogens (tertiary/aromatic N) is 1. The molecule has 4 heteroatoms. The second-order valence-electron chi connectivity index (χ2n) is 5.36. The second-order valence-corrected chi connectivity index (χ2v) is 6.21. The van der Waals surface area contributed by atoms with Crippen molar-refractivity contribution < 1.29 is 4.39 Å². The average Bonchev–Trinajstić information content (AvgIpc) is 3.18. The Kier molecular flexibility index (Phi) is 5.37. The summed E-state index contributed by atoms with van der Waals surface area (Å²) in [6, 6.07) is 4.96. The van der Waals surface area contributed by atoms with Crippen molar-refractivity contribution in [3.63, 3.8) is 0 Å². The van der Waals surface area contributed by atoms with E-state index in [0.29, 0.717) is 6.54 Å². The molecule has 106 valence electrons. The van der Waals surface area contributed by atoms with E-state index in [0.717, 1.165) is 35.5 Å². The number of nitrogens with two attached hydrogens (primary N) is 1. The fraction of sp³-hybridized carbons (Fsp3) is 0.600. The Balaban J connectivity index is 2.21.